The Labute approximate surface area is 233 Å². The first-order valence-electron chi connectivity index (χ1n) is 12.5. The van der Waals surface area contributed by atoms with E-state index >= 15 is 0 Å². The minimum absolute atomic E-state index is 0.00278. The maximum atomic E-state index is 14.8. The molecule has 0 saturated carbocycles. The molecule has 6 rings (SSSR count). The highest BCUT2D eigenvalue weighted by Gasteiger charge is 2.39. The average molecular weight is 585 g/mol. The van der Waals surface area contributed by atoms with Crippen LogP contribution in [-0.4, -0.2) is 78.6 Å². The highest BCUT2D eigenvalue weighted by atomic mass is 32.2. The van der Waals surface area contributed by atoms with E-state index in [-0.39, 0.29) is 35.0 Å². The standard InChI is InChI=1S/C25H26F2N10O3S/c1-15-30-23(37(33-15)10-16-5-7-18(40-4)8-6-16)20-21(19-12-35(14-29-19)41(38,39)34(2)3)36-11-17-9-28-13-25(26,27)22(17)32-24(36)31-20/h5-8,11-12,14,28H,9-10,13H2,1-4H3. The topological polar surface area (TPSA) is 137 Å². The van der Waals surface area contributed by atoms with Gasteiger partial charge < -0.3 is 10.1 Å². The zero-order valence-electron chi connectivity index (χ0n) is 22.6. The number of benzene rings is 1. The molecule has 0 atom stereocenters. The lowest BCUT2D eigenvalue weighted by molar-refractivity contribution is -0.0154. The molecular weight excluding hydrogens is 558 g/mol. The Bertz CT molecular complexity index is 1880. The highest BCUT2D eigenvalue weighted by Crippen LogP contribution is 2.36. The van der Waals surface area contributed by atoms with Crippen LogP contribution < -0.4 is 10.1 Å². The van der Waals surface area contributed by atoms with Crippen molar-refractivity contribution in [1.82, 2.24) is 47.7 Å². The quantitative estimate of drug-likeness (QED) is 0.305. The van der Waals surface area contributed by atoms with Gasteiger partial charge in [0, 0.05) is 32.4 Å². The van der Waals surface area contributed by atoms with E-state index in [0.29, 0.717) is 29.6 Å². The van der Waals surface area contributed by atoms with Crippen molar-refractivity contribution in [1.29, 1.82) is 0 Å². The van der Waals surface area contributed by atoms with Crippen molar-refractivity contribution in [3.8, 4) is 28.7 Å². The van der Waals surface area contributed by atoms with E-state index in [0.717, 1.165) is 13.8 Å². The SMILES string of the molecule is COc1ccc(Cn2nc(C)nc2-c2nc3nc4c(cn3c2-c2cn(S(=O)(=O)N(C)C)cn2)CNCC4(F)F)cc1. The van der Waals surface area contributed by atoms with Crippen LogP contribution in [0.2, 0.25) is 0 Å². The fourth-order valence-electron chi connectivity index (χ4n) is 4.68. The fraction of sp³-hybridized carbons (Fsp3) is 0.320. The van der Waals surface area contributed by atoms with Crippen LogP contribution in [-0.2, 0) is 29.2 Å². The van der Waals surface area contributed by atoms with Crippen molar-refractivity contribution in [3.63, 3.8) is 0 Å². The summed E-state index contributed by atoms with van der Waals surface area (Å²) < 4.78 is 65.6. The third kappa shape index (κ3) is 4.62. The lowest BCUT2D eigenvalue weighted by atomic mass is 10.1. The van der Waals surface area contributed by atoms with Gasteiger partial charge in [0.05, 0.1) is 26.4 Å². The Hall–Kier alpha value is -4.28. The van der Waals surface area contributed by atoms with E-state index in [1.165, 1.54) is 37.2 Å². The Balaban J connectivity index is 1.56. The van der Waals surface area contributed by atoms with Crippen LogP contribution in [0.15, 0.2) is 43.0 Å². The van der Waals surface area contributed by atoms with Crippen molar-refractivity contribution >= 4 is 16.0 Å². The van der Waals surface area contributed by atoms with Gasteiger partial charge in [0.25, 0.3) is 0 Å². The fourth-order valence-corrected chi connectivity index (χ4v) is 5.46. The van der Waals surface area contributed by atoms with Gasteiger partial charge in [-0.05, 0) is 24.6 Å². The highest BCUT2D eigenvalue weighted by molar-refractivity contribution is 7.87. The minimum atomic E-state index is -3.87. The van der Waals surface area contributed by atoms with Gasteiger partial charge in [0.2, 0.25) is 5.78 Å². The Morgan fingerprint density at radius 1 is 1.12 bits per heavy atom. The van der Waals surface area contributed by atoms with Gasteiger partial charge in [-0.3, -0.25) is 4.40 Å². The number of ether oxygens (including phenoxy) is 1. The summed E-state index contributed by atoms with van der Waals surface area (Å²) in [6.07, 6.45) is 4.04. The van der Waals surface area contributed by atoms with Crippen LogP contribution in [0.25, 0.3) is 28.7 Å². The van der Waals surface area contributed by atoms with Gasteiger partial charge in [-0.15, -0.1) is 0 Å². The van der Waals surface area contributed by atoms with Crippen LogP contribution in [0.4, 0.5) is 8.78 Å². The maximum Gasteiger partial charge on any atom is 0.308 e. The summed E-state index contributed by atoms with van der Waals surface area (Å²) >= 11 is 0. The normalized spacial score (nSPS) is 15.0. The molecule has 13 nitrogen and oxygen atoms in total. The van der Waals surface area contributed by atoms with Gasteiger partial charge in [0.1, 0.15) is 40.7 Å². The Morgan fingerprint density at radius 3 is 2.59 bits per heavy atom. The van der Waals surface area contributed by atoms with Crippen LogP contribution >= 0.6 is 0 Å². The monoisotopic (exact) mass is 584 g/mol. The first kappa shape index (κ1) is 26.9. The molecule has 5 heterocycles. The number of aryl methyl sites for hydroxylation is 1. The zero-order valence-corrected chi connectivity index (χ0v) is 23.4. The minimum Gasteiger partial charge on any atom is -0.497 e. The van der Waals surface area contributed by atoms with Gasteiger partial charge in [-0.2, -0.15) is 26.6 Å². The van der Waals surface area contributed by atoms with Crippen LogP contribution in [0.3, 0.4) is 0 Å². The smallest absolute Gasteiger partial charge is 0.308 e. The Morgan fingerprint density at radius 2 is 1.88 bits per heavy atom. The van der Waals surface area contributed by atoms with Gasteiger partial charge in [0.15, 0.2) is 5.82 Å². The number of hydrogen-bond donors (Lipinski definition) is 1. The summed E-state index contributed by atoms with van der Waals surface area (Å²) in [4.78, 5) is 17.8. The predicted octanol–water partition coefficient (Wildman–Crippen LogP) is 2.07. The molecule has 16 heteroatoms. The van der Waals surface area contributed by atoms with Crippen molar-refractivity contribution in [2.45, 2.75) is 25.9 Å². The largest absolute Gasteiger partial charge is 0.497 e. The number of rotatable bonds is 7. The number of alkyl halides is 2. The molecule has 1 aliphatic heterocycles. The molecule has 0 radical (unpaired) electrons. The van der Waals surface area contributed by atoms with Crippen LogP contribution in [0, 0.1) is 6.92 Å². The number of nitrogens with zero attached hydrogens (tertiary/aromatic N) is 9. The molecule has 4 aromatic heterocycles. The molecule has 1 aliphatic rings. The van der Waals surface area contributed by atoms with Crippen molar-refractivity contribution in [2.75, 3.05) is 27.7 Å². The average Bonchev–Trinajstić information content (AvgIpc) is 3.64. The number of fused-ring (bicyclic) bond motifs is 2. The molecule has 1 N–H and O–H groups in total. The lowest BCUT2D eigenvalue weighted by Gasteiger charge is -2.24. The second-order valence-corrected chi connectivity index (χ2v) is 11.8. The van der Waals surface area contributed by atoms with E-state index in [2.05, 4.69) is 30.4 Å². The molecule has 214 valence electrons. The molecule has 0 bridgehead atoms. The maximum absolute atomic E-state index is 14.8. The Kier molecular flexibility index (Phi) is 6.35. The van der Waals surface area contributed by atoms with E-state index in [1.807, 2.05) is 24.3 Å². The van der Waals surface area contributed by atoms with Gasteiger partial charge >= 0.3 is 16.1 Å². The zero-order chi connectivity index (χ0) is 29.1. The van der Waals surface area contributed by atoms with E-state index in [4.69, 9.17) is 4.74 Å². The number of aromatic nitrogens is 8. The molecular formula is C25H26F2N10O3S. The van der Waals surface area contributed by atoms with Crippen molar-refractivity contribution in [3.05, 3.63) is 65.6 Å². The molecule has 41 heavy (non-hydrogen) atoms. The molecule has 0 aliphatic carbocycles. The van der Waals surface area contributed by atoms with E-state index in [1.54, 1.807) is 18.7 Å². The lowest BCUT2D eigenvalue weighted by Crippen LogP contribution is -2.38. The van der Waals surface area contributed by atoms with Gasteiger partial charge in [-0.25, -0.2) is 28.6 Å². The second-order valence-electron chi connectivity index (χ2n) is 9.77. The number of nitrogens with one attached hydrogen (secondary N) is 1. The molecule has 1 aromatic carbocycles. The summed E-state index contributed by atoms with van der Waals surface area (Å²) in [5.74, 6) is -1.69. The first-order valence-corrected chi connectivity index (χ1v) is 13.9. The summed E-state index contributed by atoms with van der Waals surface area (Å²) in [6, 6.07) is 7.44. The third-order valence-corrected chi connectivity index (χ3v) is 8.37. The van der Waals surface area contributed by atoms with Gasteiger partial charge in [-0.1, -0.05) is 12.1 Å². The number of methoxy groups -OCH3 is 1. The van der Waals surface area contributed by atoms with Crippen molar-refractivity contribution in [2.24, 2.45) is 0 Å². The summed E-state index contributed by atoms with van der Waals surface area (Å²) in [5.41, 5.74) is 1.66. The molecule has 0 fully saturated rings. The number of halogens is 2. The third-order valence-electron chi connectivity index (χ3n) is 6.71. The number of imidazole rings is 2. The molecule has 0 saturated heterocycles. The molecule has 0 amide bonds. The summed E-state index contributed by atoms with van der Waals surface area (Å²) in [7, 11) is 0.527. The summed E-state index contributed by atoms with van der Waals surface area (Å²) in [5, 5.41) is 7.26. The first-order chi connectivity index (χ1) is 19.5. The molecule has 0 spiro atoms. The van der Waals surface area contributed by atoms with E-state index < -0.39 is 22.7 Å². The summed E-state index contributed by atoms with van der Waals surface area (Å²) in [6.45, 7) is 1.69. The molecule has 5 aromatic rings. The second kappa shape index (κ2) is 9.67. The predicted molar refractivity (Wildman–Crippen MR) is 144 cm³/mol. The van der Waals surface area contributed by atoms with Crippen LogP contribution in [0.5, 0.6) is 5.75 Å². The van der Waals surface area contributed by atoms with E-state index in [9.17, 15) is 17.2 Å². The number of hydrogen-bond acceptors (Lipinski definition) is 9. The van der Waals surface area contributed by atoms with Crippen molar-refractivity contribution < 1.29 is 21.9 Å². The molecule has 0 unspecified atom stereocenters. The van der Waals surface area contributed by atoms with Crippen LogP contribution in [0.1, 0.15) is 22.6 Å².